The van der Waals surface area contributed by atoms with Crippen LogP contribution in [0, 0.1) is 11.8 Å². The molecule has 2 unspecified atom stereocenters. The molecule has 0 aliphatic heterocycles. The Bertz CT molecular complexity index is 679. The van der Waals surface area contributed by atoms with E-state index in [4.69, 9.17) is 5.11 Å². The van der Waals surface area contributed by atoms with Gasteiger partial charge in [0.1, 0.15) is 5.78 Å². The van der Waals surface area contributed by atoms with Crippen LogP contribution in [0.5, 0.6) is 0 Å². The molecule has 5 nitrogen and oxygen atoms in total. The second-order valence-corrected chi connectivity index (χ2v) is 7.39. The summed E-state index contributed by atoms with van der Waals surface area (Å²) in [6.45, 7) is 0. The molecule has 0 heterocycles. The lowest BCUT2D eigenvalue weighted by Crippen LogP contribution is -2.19. The molecular formula is C23H30O5. The van der Waals surface area contributed by atoms with Crippen LogP contribution in [-0.4, -0.2) is 39.3 Å². The van der Waals surface area contributed by atoms with Gasteiger partial charge in [0.15, 0.2) is 0 Å². The molecule has 1 aliphatic carbocycles. The van der Waals surface area contributed by atoms with Crippen LogP contribution in [-0.2, 0) is 16.0 Å². The number of aliphatic hydroxyl groups excluding tert-OH is 2. The maximum Gasteiger partial charge on any atom is 0.303 e. The summed E-state index contributed by atoms with van der Waals surface area (Å²) in [7, 11) is 0. The van der Waals surface area contributed by atoms with Gasteiger partial charge in [-0.05, 0) is 37.7 Å². The number of aliphatic hydroxyl groups is 2. The number of hydrogen-bond acceptors (Lipinski definition) is 4. The highest BCUT2D eigenvalue weighted by molar-refractivity contribution is 5.84. The first-order valence-corrected chi connectivity index (χ1v) is 9.95. The predicted octanol–water partition coefficient (Wildman–Crippen LogP) is 3.30. The highest BCUT2D eigenvalue weighted by Gasteiger charge is 2.39. The van der Waals surface area contributed by atoms with Crippen molar-refractivity contribution in [3.05, 3.63) is 60.2 Å². The third-order valence-electron chi connectivity index (χ3n) is 5.18. The first-order chi connectivity index (χ1) is 13.5. The summed E-state index contributed by atoms with van der Waals surface area (Å²) in [5.41, 5.74) is 1.16. The fourth-order valence-corrected chi connectivity index (χ4v) is 3.57. The first-order valence-electron chi connectivity index (χ1n) is 9.95. The van der Waals surface area contributed by atoms with Crippen molar-refractivity contribution >= 4 is 11.8 Å². The van der Waals surface area contributed by atoms with Gasteiger partial charge in [0.05, 0.1) is 12.2 Å². The average Bonchev–Trinajstić information content (AvgIpc) is 2.94. The van der Waals surface area contributed by atoms with E-state index in [9.17, 15) is 19.8 Å². The SMILES string of the molecule is O=C(O)CCC/C=C\C[C@H]1C(=O)CC(O)[C@@H]1/C=C/C(O)CCc1ccccc1. The first kappa shape index (κ1) is 22.1. The molecule has 152 valence electrons. The minimum Gasteiger partial charge on any atom is -0.481 e. The number of unbranched alkanes of at least 4 members (excludes halogenated alkanes) is 1. The van der Waals surface area contributed by atoms with Crippen molar-refractivity contribution in [2.75, 3.05) is 0 Å². The largest absolute Gasteiger partial charge is 0.481 e. The number of carboxylic acids is 1. The third kappa shape index (κ3) is 7.41. The Hall–Kier alpha value is -2.24. The summed E-state index contributed by atoms with van der Waals surface area (Å²) >= 11 is 0. The molecule has 1 aromatic rings. The maximum atomic E-state index is 12.2. The van der Waals surface area contributed by atoms with E-state index in [1.54, 1.807) is 12.2 Å². The number of rotatable bonds is 11. The molecule has 28 heavy (non-hydrogen) atoms. The molecule has 1 aromatic carbocycles. The lowest BCUT2D eigenvalue weighted by atomic mass is 9.90. The molecular weight excluding hydrogens is 356 g/mol. The highest BCUT2D eigenvalue weighted by Crippen LogP contribution is 2.33. The molecule has 1 fully saturated rings. The predicted molar refractivity (Wildman–Crippen MR) is 108 cm³/mol. The number of aryl methyl sites for hydroxylation is 1. The summed E-state index contributed by atoms with van der Waals surface area (Å²) in [5.74, 6) is -1.35. The van der Waals surface area contributed by atoms with Gasteiger partial charge < -0.3 is 15.3 Å². The van der Waals surface area contributed by atoms with Gasteiger partial charge in [0.25, 0.3) is 0 Å². The molecule has 4 atom stereocenters. The zero-order valence-electron chi connectivity index (χ0n) is 16.1. The van der Waals surface area contributed by atoms with Crippen molar-refractivity contribution in [1.29, 1.82) is 0 Å². The zero-order chi connectivity index (χ0) is 20.4. The van der Waals surface area contributed by atoms with Crippen molar-refractivity contribution in [1.82, 2.24) is 0 Å². The third-order valence-corrected chi connectivity index (χ3v) is 5.18. The summed E-state index contributed by atoms with van der Waals surface area (Å²) < 4.78 is 0. The number of benzene rings is 1. The maximum absolute atomic E-state index is 12.2. The Morgan fingerprint density at radius 3 is 2.68 bits per heavy atom. The standard InChI is InChI=1S/C23H30O5/c24-18(13-12-17-8-4-3-5-9-17)14-15-20-19(21(25)16-22(20)26)10-6-1-2-7-11-23(27)28/h1,3-6,8-9,14-15,18-20,22,24,26H,2,7,10-13,16H2,(H,27,28)/b6-1-,15-14+/t18?,19-,20-,22?/m1/s1. The average molecular weight is 386 g/mol. The number of aliphatic carboxylic acids is 1. The van der Waals surface area contributed by atoms with Gasteiger partial charge in [-0.1, -0.05) is 54.6 Å². The van der Waals surface area contributed by atoms with Gasteiger partial charge in [-0.25, -0.2) is 0 Å². The normalized spacial score (nSPS) is 23.6. The number of carboxylic acid groups (broad SMARTS) is 1. The van der Waals surface area contributed by atoms with Crippen molar-refractivity contribution in [2.45, 2.75) is 57.2 Å². The molecule has 0 amide bonds. The molecule has 1 aliphatic rings. The van der Waals surface area contributed by atoms with Gasteiger partial charge in [0, 0.05) is 24.7 Å². The highest BCUT2D eigenvalue weighted by atomic mass is 16.4. The number of carbonyl (C=O) groups excluding carboxylic acids is 1. The number of hydrogen-bond donors (Lipinski definition) is 3. The molecule has 1 saturated carbocycles. The van der Waals surface area contributed by atoms with Crippen LogP contribution in [0.2, 0.25) is 0 Å². The van der Waals surface area contributed by atoms with Gasteiger partial charge in [-0.15, -0.1) is 0 Å². The van der Waals surface area contributed by atoms with Crippen molar-refractivity contribution in [2.24, 2.45) is 11.8 Å². The second-order valence-electron chi connectivity index (χ2n) is 7.39. The van der Waals surface area contributed by atoms with Gasteiger partial charge in [-0.2, -0.15) is 0 Å². The molecule has 5 heteroatoms. The number of Topliss-reactive ketones (excluding diaryl/α,β-unsaturated/α-hetero) is 1. The summed E-state index contributed by atoms with van der Waals surface area (Å²) in [5, 5.41) is 29.0. The Labute approximate surface area is 166 Å². The van der Waals surface area contributed by atoms with Crippen LogP contribution < -0.4 is 0 Å². The summed E-state index contributed by atoms with van der Waals surface area (Å²) in [4.78, 5) is 22.7. The quantitative estimate of drug-likeness (QED) is 0.401. The molecule has 2 rings (SSSR count). The van der Waals surface area contributed by atoms with Gasteiger partial charge in [-0.3, -0.25) is 9.59 Å². The minimum atomic E-state index is -0.807. The van der Waals surface area contributed by atoms with E-state index < -0.39 is 18.2 Å². The number of allylic oxidation sites excluding steroid dienone is 2. The number of carbonyl (C=O) groups is 2. The molecule has 0 bridgehead atoms. The fraction of sp³-hybridized carbons (Fsp3) is 0.478. The molecule has 3 N–H and O–H groups in total. The summed E-state index contributed by atoms with van der Waals surface area (Å²) in [6.07, 6.45) is 9.34. The monoisotopic (exact) mass is 386 g/mol. The van der Waals surface area contributed by atoms with Crippen LogP contribution in [0.3, 0.4) is 0 Å². The molecule has 0 aromatic heterocycles. The lowest BCUT2D eigenvalue weighted by Gasteiger charge is -2.16. The van der Waals surface area contributed by atoms with Crippen LogP contribution in [0.25, 0.3) is 0 Å². The molecule has 0 spiro atoms. The number of ketones is 1. The molecule has 0 radical (unpaired) electrons. The van der Waals surface area contributed by atoms with E-state index in [2.05, 4.69) is 0 Å². The van der Waals surface area contributed by atoms with Crippen LogP contribution in [0.1, 0.15) is 44.1 Å². The van der Waals surface area contributed by atoms with Crippen LogP contribution in [0.15, 0.2) is 54.6 Å². The van der Waals surface area contributed by atoms with Crippen molar-refractivity contribution in [3.8, 4) is 0 Å². The van der Waals surface area contributed by atoms with Crippen LogP contribution >= 0.6 is 0 Å². The van der Waals surface area contributed by atoms with E-state index >= 15 is 0 Å². The van der Waals surface area contributed by atoms with Crippen molar-refractivity contribution < 1.29 is 24.9 Å². The Morgan fingerprint density at radius 2 is 1.96 bits per heavy atom. The van der Waals surface area contributed by atoms with E-state index in [0.29, 0.717) is 25.7 Å². The van der Waals surface area contributed by atoms with Gasteiger partial charge in [0.2, 0.25) is 0 Å². The van der Waals surface area contributed by atoms with Crippen LogP contribution in [0.4, 0.5) is 0 Å². The van der Waals surface area contributed by atoms with E-state index in [0.717, 1.165) is 12.0 Å². The van der Waals surface area contributed by atoms with Crippen molar-refractivity contribution in [3.63, 3.8) is 0 Å². The Balaban J connectivity index is 1.82. The molecule has 0 saturated heterocycles. The topological polar surface area (TPSA) is 94.8 Å². The lowest BCUT2D eigenvalue weighted by molar-refractivity contribution is -0.137. The zero-order valence-corrected chi connectivity index (χ0v) is 16.1. The Morgan fingerprint density at radius 1 is 1.21 bits per heavy atom. The van der Waals surface area contributed by atoms with E-state index in [1.165, 1.54) is 0 Å². The smallest absolute Gasteiger partial charge is 0.303 e. The van der Waals surface area contributed by atoms with E-state index in [-0.39, 0.29) is 30.5 Å². The summed E-state index contributed by atoms with van der Waals surface area (Å²) in [6, 6.07) is 9.94. The second kappa shape index (κ2) is 11.6. The van der Waals surface area contributed by atoms with E-state index in [1.807, 2.05) is 42.5 Å². The minimum absolute atomic E-state index is 0.0381. The van der Waals surface area contributed by atoms with Gasteiger partial charge >= 0.3 is 5.97 Å². The fourth-order valence-electron chi connectivity index (χ4n) is 3.57. The Kier molecular flexibility index (Phi) is 9.11.